The molecule has 1 aromatic carbocycles. The van der Waals surface area contributed by atoms with Crippen LogP contribution in [0.3, 0.4) is 0 Å². The van der Waals surface area contributed by atoms with Gasteiger partial charge < -0.3 is 29.8 Å². The van der Waals surface area contributed by atoms with Crippen LogP contribution in [-0.2, 0) is 34.5 Å². The molecule has 0 amide bonds. The van der Waals surface area contributed by atoms with E-state index in [1.807, 2.05) is 24.3 Å². The first-order valence-corrected chi connectivity index (χ1v) is 11.8. The van der Waals surface area contributed by atoms with Gasteiger partial charge in [-0.1, -0.05) is 18.2 Å². The van der Waals surface area contributed by atoms with E-state index in [1.165, 1.54) is 23.9 Å². The van der Waals surface area contributed by atoms with Crippen molar-refractivity contribution >= 4 is 30.4 Å². The number of hydrogen-bond donors (Lipinski definition) is 4. The number of ether oxygens (including phenoxy) is 3. The minimum Gasteiger partial charge on any atom is -0.468 e. The molecule has 1 fully saturated rings. The number of H-pyrrole nitrogens is 1. The van der Waals surface area contributed by atoms with E-state index in [2.05, 4.69) is 15.1 Å². The third-order valence-corrected chi connectivity index (χ3v) is 6.32. The summed E-state index contributed by atoms with van der Waals surface area (Å²) >= 11 is 0. The van der Waals surface area contributed by atoms with Crippen molar-refractivity contribution in [2.75, 3.05) is 26.1 Å². The molecule has 14 heteroatoms. The van der Waals surface area contributed by atoms with Gasteiger partial charge in [0.25, 0.3) is 0 Å². The summed E-state index contributed by atoms with van der Waals surface area (Å²) < 4.78 is 34.6. The number of carbonyl (C=O) groups excluding carboxylic acids is 1. The number of para-hydroxylation sites is 1. The first-order valence-electron chi connectivity index (χ1n) is 10.3. The Morgan fingerprint density at radius 2 is 2.24 bits per heavy atom. The highest BCUT2D eigenvalue weighted by Crippen LogP contribution is 2.39. The zero-order valence-electron chi connectivity index (χ0n) is 18.1. The fraction of sp³-hybridized carbons (Fsp3) is 0.350. The van der Waals surface area contributed by atoms with Gasteiger partial charge in [0.2, 0.25) is 0 Å². The number of methoxy groups -OCH3 is 1. The van der Waals surface area contributed by atoms with Gasteiger partial charge in [-0.3, -0.25) is 13.9 Å². The molecule has 0 spiro atoms. The van der Waals surface area contributed by atoms with Crippen molar-refractivity contribution in [2.45, 2.75) is 25.0 Å². The molecule has 1 aliphatic rings. The number of rotatable bonds is 9. The summed E-state index contributed by atoms with van der Waals surface area (Å²) in [5.41, 5.74) is 6.47. The van der Waals surface area contributed by atoms with Gasteiger partial charge in [-0.05, 0) is 17.7 Å². The van der Waals surface area contributed by atoms with Crippen LogP contribution in [0.5, 0.6) is 0 Å². The molecule has 182 valence electrons. The highest BCUT2D eigenvalue weighted by molar-refractivity contribution is 7.50. The lowest BCUT2D eigenvalue weighted by Gasteiger charge is -2.21. The number of nitrogen functional groups attached to an aromatic ring is 1. The Bertz CT molecular complexity index is 1280. The van der Waals surface area contributed by atoms with Crippen molar-refractivity contribution < 1.29 is 33.0 Å². The molecule has 3 aromatic rings. The fourth-order valence-electron chi connectivity index (χ4n) is 3.56. The van der Waals surface area contributed by atoms with Gasteiger partial charge in [-0.2, -0.15) is 4.98 Å². The average molecular weight is 493 g/mol. The molecule has 0 aliphatic carbocycles. The van der Waals surface area contributed by atoms with Gasteiger partial charge in [-0.25, -0.2) is 14.4 Å². The molecule has 1 aliphatic heterocycles. The molecule has 3 unspecified atom stereocenters. The zero-order chi connectivity index (χ0) is 24.3. The van der Waals surface area contributed by atoms with Gasteiger partial charge in [0.05, 0.1) is 13.7 Å². The molecule has 13 nitrogen and oxygen atoms in total. The number of carbonyl (C=O) groups is 1. The number of hydrogen-bond acceptors (Lipinski definition) is 9. The highest BCUT2D eigenvalue weighted by Gasteiger charge is 2.34. The largest absolute Gasteiger partial charge is 0.468 e. The van der Waals surface area contributed by atoms with Gasteiger partial charge >= 0.3 is 19.4 Å². The zero-order valence-corrected chi connectivity index (χ0v) is 19.0. The van der Waals surface area contributed by atoms with Crippen LogP contribution >= 0.6 is 7.75 Å². The van der Waals surface area contributed by atoms with Crippen molar-refractivity contribution in [3.8, 4) is 0 Å². The predicted molar refractivity (Wildman–Crippen MR) is 119 cm³/mol. The molecule has 4 rings (SSSR count). The molecule has 34 heavy (non-hydrogen) atoms. The number of aromatic nitrogens is 3. The summed E-state index contributed by atoms with van der Waals surface area (Å²) in [6.45, 7) is -0.441. The topological polar surface area (TPSA) is 180 Å². The molecule has 0 bridgehead atoms. The molecule has 4 atom stereocenters. The smallest absolute Gasteiger partial charge is 0.403 e. The van der Waals surface area contributed by atoms with Gasteiger partial charge in [0.1, 0.15) is 18.5 Å². The SMILES string of the molecule is COC(=O)C(Cc1c[nH]c2ccccc12)NP(=O)(O)OCC1OC[C@@H](n2ccc(N)nc2=O)O1. The minimum absolute atomic E-state index is 0.00591. The van der Waals surface area contributed by atoms with Crippen molar-refractivity contribution in [1.82, 2.24) is 19.6 Å². The minimum atomic E-state index is -4.47. The lowest BCUT2D eigenvalue weighted by molar-refractivity contribution is -0.142. The lowest BCUT2D eigenvalue weighted by atomic mass is 10.1. The van der Waals surface area contributed by atoms with Gasteiger partial charge in [0.15, 0.2) is 12.5 Å². The normalized spacial score (nSPS) is 20.8. The number of anilines is 1. The maximum Gasteiger partial charge on any atom is 0.403 e. The first kappa shape index (κ1) is 24.1. The van der Waals surface area contributed by atoms with Crippen molar-refractivity contribution in [1.29, 1.82) is 0 Å². The monoisotopic (exact) mass is 493 g/mol. The Balaban J connectivity index is 1.37. The van der Waals surface area contributed by atoms with Crippen molar-refractivity contribution in [3.05, 3.63) is 58.8 Å². The third-order valence-electron chi connectivity index (χ3n) is 5.18. The van der Waals surface area contributed by atoms with E-state index in [0.717, 1.165) is 16.5 Å². The molecule has 0 radical (unpaired) electrons. The molecule has 3 heterocycles. The van der Waals surface area contributed by atoms with Crippen molar-refractivity contribution in [3.63, 3.8) is 0 Å². The summed E-state index contributed by atoms with van der Waals surface area (Å²) in [4.78, 5) is 41.2. The standard InChI is InChI=1S/C20H24N5O8P/c1-30-19(26)15(8-12-9-22-14-5-3-2-4-13(12)14)24-34(28,29)32-11-18-31-10-17(33-18)25-7-6-16(21)23-20(25)27/h2-7,9,15,17-18,22H,8,10-11H2,1H3,(H2,21,23,27)(H2,24,28,29)/t15?,17-,18?/m0/s1. The number of esters is 1. The van der Waals surface area contributed by atoms with E-state index in [9.17, 15) is 19.0 Å². The van der Waals surface area contributed by atoms with Crippen LogP contribution in [0.25, 0.3) is 10.9 Å². The molecule has 5 N–H and O–H groups in total. The summed E-state index contributed by atoms with van der Waals surface area (Å²) in [6.07, 6.45) is 1.38. The number of nitrogens with one attached hydrogen (secondary N) is 2. The Kier molecular flexibility index (Phi) is 7.12. The van der Waals surface area contributed by atoms with E-state index < -0.39 is 44.6 Å². The Morgan fingerprint density at radius 1 is 1.44 bits per heavy atom. The first-order chi connectivity index (χ1) is 16.3. The van der Waals surface area contributed by atoms with Crippen LogP contribution in [0.1, 0.15) is 11.8 Å². The van der Waals surface area contributed by atoms with Crippen LogP contribution in [0.4, 0.5) is 5.82 Å². The number of aromatic amines is 1. The van der Waals surface area contributed by atoms with Crippen LogP contribution < -0.4 is 16.5 Å². The summed E-state index contributed by atoms with van der Waals surface area (Å²) in [5.74, 6) is -0.660. The fourth-order valence-corrected chi connectivity index (χ4v) is 4.55. The van der Waals surface area contributed by atoms with E-state index in [-0.39, 0.29) is 18.8 Å². The lowest BCUT2D eigenvalue weighted by Crippen LogP contribution is -2.38. The Hall–Kier alpha value is -3.06. The van der Waals surface area contributed by atoms with E-state index >= 15 is 0 Å². The highest BCUT2D eigenvalue weighted by atomic mass is 31.2. The summed E-state index contributed by atoms with van der Waals surface area (Å²) in [5, 5.41) is 3.21. The number of fused-ring (bicyclic) bond motifs is 1. The quantitative estimate of drug-likeness (QED) is 0.243. The Morgan fingerprint density at radius 3 is 3.00 bits per heavy atom. The van der Waals surface area contributed by atoms with E-state index in [0.29, 0.717) is 0 Å². The molecule has 0 saturated carbocycles. The molecule has 1 saturated heterocycles. The van der Waals surface area contributed by atoms with Crippen molar-refractivity contribution in [2.24, 2.45) is 0 Å². The second-order valence-electron chi connectivity index (χ2n) is 7.48. The second-order valence-corrected chi connectivity index (χ2v) is 9.04. The van der Waals surface area contributed by atoms with Crippen LogP contribution in [-0.4, -0.2) is 58.1 Å². The number of nitrogens with zero attached hydrogens (tertiary/aromatic N) is 2. The van der Waals surface area contributed by atoms with E-state index in [1.54, 1.807) is 6.20 Å². The van der Waals surface area contributed by atoms with Crippen LogP contribution in [0, 0.1) is 0 Å². The molecular formula is C20H24N5O8P. The molecule has 2 aromatic heterocycles. The maximum absolute atomic E-state index is 12.7. The van der Waals surface area contributed by atoms with Crippen LogP contribution in [0.2, 0.25) is 0 Å². The predicted octanol–water partition coefficient (Wildman–Crippen LogP) is 0.669. The summed E-state index contributed by atoms with van der Waals surface area (Å²) in [7, 11) is -3.29. The van der Waals surface area contributed by atoms with Crippen LogP contribution in [0.15, 0.2) is 47.5 Å². The second kappa shape index (κ2) is 10.1. The number of benzene rings is 1. The van der Waals surface area contributed by atoms with Gasteiger partial charge in [-0.15, -0.1) is 0 Å². The third kappa shape index (κ3) is 5.53. The summed E-state index contributed by atoms with van der Waals surface area (Å²) in [6, 6.07) is 7.75. The average Bonchev–Trinajstić information content (AvgIpc) is 3.44. The number of nitrogens with two attached hydrogens (primary N) is 1. The molecular weight excluding hydrogens is 469 g/mol. The Labute approximate surface area is 193 Å². The maximum atomic E-state index is 12.7. The van der Waals surface area contributed by atoms with E-state index in [4.69, 9.17) is 24.5 Å². The van der Waals surface area contributed by atoms with Gasteiger partial charge in [0, 0.05) is 29.7 Å².